The lowest BCUT2D eigenvalue weighted by atomic mass is 10.2. The Morgan fingerprint density at radius 3 is 2.88 bits per heavy atom. The number of nitrogens with zero attached hydrogens (tertiary/aromatic N) is 3. The van der Waals surface area contributed by atoms with Gasteiger partial charge in [-0.2, -0.15) is 0 Å². The molecule has 84 valence electrons. The van der Waals surface area contributed by atoms with Gasteiger partial charge >= 0.3 is 0 Å². The Bertz CT molecular complexity index is 470. The van der Waals surface area contributed by atoms with Gasteiger partial charge in [0.15, 0.2) is 0 Å². The summed E-state index contributed by atoms with van der Waals surface area (Å²) in [6, 6.07) is 6.64. The van der Waals surface area contributed by atoms with E-state index < -0.39 is 0 Å². The normalized spacial score (nSPS) is 10.6. The SMILES string of the molecule is Fc1ccccc1Cn1cc(CCCl)nn1. The number of rotatable bonds is 4. The standard InChI is InChI=1S/C11H11ClFN3/c12-6-5-10-8-16(15-14-10)7-9-3-1-2-4-11(9)13/h1-4,8H,5-7H2. The predicted octanol–water partition coefficient (Wildman–Crippen LogP) is 2.25. The number of hydrogen-bond acceptors (Lipinski definition) is 2. The summed E-state index contributed by atoms with van der Waals surface area (Å²) in [4.78, 5) is 0. The summed E-state index contributed by atoms with van der Waals surface area (Å²) >= 11 is 5.59. The molecule has 1 heterocycles. The summed E-state index contributed by atoms with van der Waals surface area (Å²) in [5, 5.41) is 7.85. The number of hydrogen-bond donors (Lipinski definition) is 0. The second-order valence-electron chi connectivity index (χ2n) is 3.44. The minimum atomic E-state index is -0.225. The maximum absolute atomic E-state index is 13.3. The molecule has 1 aromatic heterocycles. The first-order valence-electron chi connectivity index (χ1n) is 4.98. The van der Waals surface area contributed by atoms with Crippen LogP contribution in [-0.4, -0.2) is 20.9 Å². The molecule has 2 aromatic rings. The van der Waals surface area contributed by atoms with Crippen molar-refractivity contribution in [2.45, 2.75) is 13.0 Å². The Hall–Kier alpha value is -1.42. The van der Waals surface area contributed by atoms with Crippen LogP contribution in [0.15, 0.2) is 30.5 Å². The van der Waals surface area contributed by atoms with Gasteiger partial charge in [0.05, 0.1) is 12.2 Å². The number of aromatic nitrogens is 3. The van der Waals surface area contributed by atoms with Crippen LogP contribution in [0.1, 0.15) is 11.3 Å². The fourth-order valence-corrected chi connectivity index (χ4v) is 1.62. The summed E-state index contributed by atoms with van der Waals surface area (Å²) in [6.45, 7) is 0.391. The average Bonchev–Trinajstić information content (AvgIpc) is 2.70. The van der Waals surface area contributed by atoms with E-state index in [-0.39, 0.29) is 5.82 Å². The number of alkyl halides is 1. The largest absolute Gasteiger partial charge is 0.248 e. The zero-order valence-corrected chi connectivity index (χ0v) is 9.36. The lowest BCUT2D eigenvalue weighted by Gasteiger charge is -2.01. The van der Waals surface area contributed by atoms with Gasteiger partial charge in [-0.1, -0.05) is 23.4 Å². The monoisotopic (exact) mass is 239 g/mol. The van der Waals surface area contributed by atoms with Crippen molar-refractivity contribution in [3.8, 4) is 0 Å². The summed E-state index contributed by atoms with van der Waals surface area (Å²) in [5.74, 6) is 0.287. The van der Waals surface area contributed by atoms with Crippen molar-refractivity contribution in [3.05, 3.63) is 47.5 Å². The van der Waals surface area contributed by atoms with Crippen LogP contribution in [0.2, 0.25) is 0 Å². The van der Waals surface area contributed by atoms with Crippen LogP contribution in [-0.2, 0) is 13.0 Å². The van der Waals surface area contributed by atoms with E-state index >= 15 is 0 Å². The van der Waals surface area contributed by atoms with Crippen LogP contribution in [0.3, 0.4) is 0 Å². The highest BCUT2D eigenvalue weighted by Crippen LogP contribution is 2.08. The van der Waals surface area contributed by atoms with E-state index in [4.69, 9.17) is 11.6 Å². The molecule has 0 unspecified atom stereocenters. The van der Waals surface area contributed by atoms with E-state index in [1.54, 1.807) is 29.1 Å². The van der Waals surface area contributed by atoms with Gasteiger partial charge in [0.25, 0.3) is 0 Å². The molecule has 0 aliphatic rings. The Kier molecular flexibility index (Phi) is 3.51. The Morgan fingerprint density at radius 1 is 1.31 bits per heavy atom. The molecule has 0 spiro atoms. The molecule has 0 saturated heterocycles. The molecular weight excluding hydrogens is 229 g/mol. The fourth-order valence-electron chi connectivity index (χ4n) is 1.43. The lowest BCUT2D eigenvalue weighted by Crippen LogP contribution is -2.02. The summed E-state index contributed by atoms with van der Waals surface area (Å²) in [7, 11) is 0. The summed E-state index contributed by atoms with van der Waals surface area (Å²) in [5.41, 5.74) is 1.43. The summed E-state index contributed by atoms with van der Waals surface area (Å²) < 4.78 is 15.0. The third kappa shape index (κ3) is 2.58. The molecule has 0 N–H and O–H groups in total. The van der Waals surface area contributed by atoms with Crippen LogP contribution < -0.4 is 0 Å². The van der Waals surface area contributed by atoms with Gasteiger partial charge in [-0.05, 0) is 6.07 Å². The molecule has 0 aliphatic heterocycles. The molecule has 0 fully saturated rings. The van der Waals surface area contributed by atoms with E-state index in [0.29, 0.717) is 24.4 Å². The van der Waals surface area contributed by atoms with E-state index in [1.165, 1.54) is 6.07 Å². The lowest BCUT2D eigenvalue weighted by molar-refractivity contribution is 0.577. The van der Waals surface area contributed by atoms with Gasteiger partial charge in [0.2, 0.25) is 0 Å². The predicted molar refractivity (Wildman–Crippen MR) is 59.9 cm³/mol. The Balaban J connectivity index is 2.11. The van der Waals surface area contributed by atoms with Crippen LogP contribution in [0.25, 0.3) is 0 Å². The van der Waals surface area contributed by atoms with Crippen molar-refractivity contribution in [1.82, 2.24) is 15.0 Å². The molecule has 0 bridgehead atoms. The highest BCUT2D eigenvalue weighted by atomic mass is 35.5. The smallest absolute Gasteiger partial charge is 0.128 e. The van der Waals surface area contributed by atoms with Crippen molar-refractivity contribution >= 4 is 11.6 Å². The minimum Gasteiger partial charge on any atom is -0.248 e. The second kappa shape index (κ2) is 5.07. The van der Waals surface area contributed by atoms with Crippen molar-refractivity contribution in [2.75, 3.05) is 5.88 Å². The number of halogens is 2. The topological polar surface area (TPSA) is 30.7 Å². The molecule has 0 aliphatic carbocycles. The van der Waals surface area contributed by atoms with E-state index in [1.807, 2.05) is 0 Å². The second-order valence-corrected chi connectivity index (χ2v) is 3.82. The zero-order chi connectivity index (χ0) is 11.4. The van der Waals surface area contributed by atoms with Gasteiger partial charge in [-0.15, -0.1) is 16.7 Å². The average molecular weight is 240 g/mol. The molecule has 0 radical (unpaired) electrons. The molecule has 0 atom stereocenters. The van der Waals surface area contributed by atoms with Gasteiger partial charge in [0, 0.05) is 24.1 Å². The van der Waals surface area contributed by atoms with Gasteiger partial charge in [0.1, 0.15) is 5.82 Å². The van der Waals surface area contributed by atoms with Gasteiger partial charge in [-0.3, -0.25) is 0 Å². The fraction of sp³-hybridized carbons (Fsp3) is 0.273. The molecular formula is C11H11ClFN3. The third-order valence-electron chi connectivity index (χ3n) is 2.23. The molecule has 0 amide bonds. The van der Waals surface area contributed by atoms with Gasteiger partial charge < -0.3 is 0 Å². The highest BCUT2D eigenvalue weighted by Gasteiger charge is 2.04. The van der Waals surface area contributed by atoms with Crippen molar-refractivity contribution in [1.29, 1.82) is 0 Å². The minimum absolute atomic E-state index is 0.225. The number of benzene rings is 1. The molecule has 2 rings (SSSR count). The van der Waals surface area contributed by atoms with Crippen molar-refractivity contribution < 1.29 is 4.39 Å². The van der Waals surface area contributed by atoms with E-state index in [9.17, 15) is 4.39 Å². The van der Waals surface area contributed by atoms with Crippen LogP contribution in [0.5, 0.6) is 0 Å². The van der Waals surface area contributed by atoms with Crippen LogP contribution in [0, 0.1) is 5.82 Å². The summed E-state index contributed by atoms with van der Waals surface area (Å²) in [6.07, 6.45) is 2.47. The molecule has 0 saturated carbocycles. The third-order valence-corrected chi connectivity index (χ3v) is 2.42. The van der Waals surface area contributed by atoms with Crippen molar-refractivity contribution in [2.24, 2.45) is 0 Å². The Morgan fingerprint density at radius 2 is 2.12 bits per heavy atom. The first-order chi connectivity index (χ1) is 7.79. The first kappa shape index (κ1) is 11.1. The van der Waals surface area contributed by atoms with Gasteiger partial charge in [-0.25, -0.2) is 9.07 Å². The zero-order valence-electron chi connectivity index (χ0n) is 8.61. The number of aryl methyl sites for hydroxylation is 1. The molecule has 5 heteroatoms. The quantitative estimate of drug-likeness (QED) is 0.767. The first-order valence-corrected chi connectivity index (χ1v) is 5.51. The maximum atomic E-state index is 13.3. The Labute approximate surface area is 97.8 Å². The molecule has 1 aromatic carbocycles. The molecule has 16 heavy (non-hydrogen) atoms. The van der Waals surface area contributed by atoms with Crippen molar-refractivity contribution in [3.63, 3.8) is 0 Å². The highest BCUT2D eigenvalue weighted by molar-refractivity contribution is 6.17. The maximum Gasteiger partial charge on any atom is 0.128 e. The molecule has 3 nitrogen and oxygen atoms in total. The van der Waals surface area contributed by atoms with Crippen LogP contribution in [0.4, 0.5) is 4.39 Å². The van der Waals surface area contributed by atoms with Crippen LogP contribution >= 0.6 is 11.6 Å². The van der Waals surface area contributed by atoms with E-state index in [2.05, 4.69) is 10.3 Å². The van der Waals surface area contributed by atoms with E-state index in [0.717, 1.165) is 5.69 Å².